The SMILES string of the molecule is O=C1NC(=O)C(=Cc2ccc(OC(=O)c3ccc4nc(-c5ccccc5)c(-c5ccccc5)nc4c3)cc2)C(=O)N1. The van der Waals surface area contributed by atoms with Crippen LogP contribution in [0, 0.1) is 0 Å². The predicted octanol–water partition coefficient (Wildman–Crippen LogP) is 4.93. The molecule has 5 aromatic rings. The average Bonchev–Trinajstić information content (AvgIpc) is 2.99. The van der Waals surface area contributed by atoms with Gasteiger partial charge in [-0.2, -0.15) is 0 Å². The number of amides is 4. The number of carbonyl (C=O) groups excluding carboxylic acids is 4. The van der Waals surface area contributed by atoms with Crippen molar-refractivity contribution in [3.8, 4) is 28.3 Å². The highest BCUT2D eigenvalue weighted by molar-refractivity contribution is 6.31. The van der Waals surface area contributed by atoms with Crippen LogP contribution in [0.3, 0.4) is 0 Å². The molecule has 9 nitrogen and oxygen atoms in total. The number of barbiturate groups is 1. The van der Waals surface area contributed by atoms with E-state index in [9.17, 15) is 19.2 Å². The van der Waals surface area contributed by atoms with Gasteiger partial charge in [-0.1, -0.05) is 72.8 Å². The van der Waals surface area contributed by atoms with Crippen molar-refractivity contribution >= 4 is 40.9 Å². The predicted molar refractivity (Wildman–Crippen MR) is 151 cm³/mol. The van der Waals surface area contributed by atoms with E-state index in [0.717, 1.165) is 16.8 Å². The van der Waals surface area contributed by atoms with Crippen molar-refractivity contribution in [2.24, 2.45) is 0 Å². The van der Waals surface area contributed by atoms with Crippen LogP contribution in [-0.4, -0.2) is 33.8 Å². The summed E-state index contributed by atoms with van der Waals surface area (Å²) >= 11 is 0. The number of carbonyl (C=O) groups is 4. The van der Waals surface area contributed by atoms with E-state index in [-0.39, 0.29) is 11.3 Å². The largest absolute Gasteiger partial charge is 0.423 e. The molecule has 198 valence electrons. The summed E-state index contributed by atoms with van der Waals surface area (Å²) in [6, 6.07) is 29.9. The topological polar surface area (TPSA) is 127 Å². The summed E-state index contributed by atoms with van der Waals surface area (Å²) in [5.41, 5.74) is 5.04. The van der Waals surface area contributed by atoms with Gasteiger partial charge in [0.25, 0.3) is 11.8 Å². The Bertz CT molecular complexity index is 1850. The zero-order chi connectivity index (χ0) is 28.3. The van der Waals surface area contributed by atoms with E-state index in [1.54, 1.807) is 30.3 Å². The highest BCUT2D eigenvalue weighted by Gasteiger charge is 2.27. The number of esters is 1. The molecular formula is C32H20N4O5. The molecular weight excluding hydrogens is 520 g/mol. The van der Waals surface area contributed by atoms with Crippen LogP contribution in [0.5, 0.6) is 5.75 Å². The fourth-order valence-electron chi connectivity index (χ4n) is 4.35. The standard InChI is InChI=1S/C32H20N4O5/c37-29-24(30(38)36-32(40)35-29)17-19-11-14-23(15-12-19)41-31(39)22-13-16-25-26(18-22)34-28(21-9-5-2-6-10-21)27(33-25)20-7-3-1-4-8-20/h1-18H,(H2,35,36,37,38,40). The quantitative estimate of drug-likeness (QED) is 0.140. The molecule has 4 amide bonds. The lowest BCUT2D eigenvalue weighted by Gasteiger charge is -2.13. The van der Waals surface area contributed by atoms with Crippen molar-refractivity contribution in [1.29, 1.82) is 0 Å². The van der Waals surface area contributed by atoms with Crippen LogP contribution >= 0.6 is 0 Å². The van der Waals surface area contributed by atoms with Gasteiger partial charge in [0.15, 0.2) is 0 Å². The van der Waals surface area contributed by atoms with Crippen molar-refractivity contribution in [3.05, 3.63) is 120 Å². The first-order valence-electron chi connectivity index (χ1n) is 12.6. The maximum atomic E-state index is 13.0. The fraction of sp³-hybridized carbons (Fsp3) is 0. The van der Waals surface area contributed by atoms with Crippen LogP contribution in [0.15, 0.2) is 109 Å². The highest BCUT2D eigenvalue weighted by atomic mass is 16.5. The molecule has 2 N–H and O–H groups in total. The molecule has 0 aliphatic carbocycles. The number of rotatable bonds is 5. The third-order valence-corrected chi connectivity index (χ3v) is 6.34. The number of urea groups is 1. The highest BCUT2D eigenvalue weighted by Crippen LogP contribution is 2.31. The van der Waals surface area contributed by atoms with E-state index in [4.69, 9.17) is 14.7 Å². The molecule has 1 saturated heterocycles. The molecule has 9 heteroatoms. The first kappa shape index (κ1) is 25.3. The number of nitrogens with zero attached hydrogens (tertiary/aromatic N) is 2. The zero-order valence-electron chi connectivity index (χ0n) is 21.3. The molecule has 1 aromatic heterocycles. The summed E-state index contributed by atoms with van der Waals surface area (Å²) in [4.78, 5) is 57.9. The third kappa shape index (κ3) is 5.32. The summed E-state index contributed by atoms with van der Waals surface area (Å²) in [5.74, 6) is -1.90. The normalized spacial score (nSPS) is 13.0. The smallest absolute Gasteiger partial charge is 0.343 e. The fourth-order valence-corrected chi connectivity index (χ4v) is 4.35. The summed E-state index contributed by atoms with van der Waals surface area (Å²) in [7, 11) is 0. The molecule has 0 atom stereocenters. The number of aromatic nitrogens is 2. The van der Waals surface area contributed by atoms with E-state index in [2.05, 4.69) is 0 Å². The van der Waals surface area contributed by atoms with Crippen LogP contribution in [0.2, 0.25) is 0 Å². The Labute approximate surface area is 233 Å². The molecule has 6 rings (SSSR count). The lowest BCUT2D eigenvalue weighted by molar-refractivity contribution is -0.123. The Morgan fingerprint density at radius 2 is 1.22 bits per heavy atom. The zero-order valence-corrected chi connectivity index (χ0v) is 21.3. The van der Waals surface area contributed by atoms with Crippen molar-refractivity contribution in [2.75, 3.05) is 0 Å². The van der Waals surface area contributed by atoms with Gasteiger partial charge >= 0.3 is 12.0 Å². The first-order valence-corrected chi connectivity index (χ1v) is 12.6. The molecule has 1 aliphatic heterocycles. The van der Waals surface area contributed by atoms with Crippen LogP contribution < -0.4 is 15.4 Å². The number of nitrogens with one attached hydrogen (secondary N) is 2. The lowest BCUT2D eigenvalue weighted by atomic mass is 10.0. The van der Waals surface area contributed by atoms with Gasteiger partial charge in [0.05, 0.1) is 28.0 Å². The summed E-state index contributed by atoms with van der Waals surface area (Å²) in [6.45, 7) is 0. The maximum absolute atomic E-state index is 13.0. The molecule has 0 radical (unpaired) electrons. The van der Waals surface area contributed by atoms with Gasteiger partial charge < -0.3 is 4.74 Å². The number of hydrogen-bond acceptors (Lipinski definition) is 7. The average molecular weight is 541 g/mol. The van der Waals surface area contributed by atoms with E-state index >= 15 is 0 Å². The minimum Gasteiger partial charge on any atom is -0.423 e. The number of ether oxygens (including phenoxy) is 1. The Hall–Kier alpha value is -5.96. The Morgan fingerprint density at radius 1 is 0.659 bits per heavy atom. The third-order valence-electron chi connectivity index (χ3n) is 6.34. The van der Waals surface area contributed by atoms with Crippen molar-refractivity contribution < 1.29 is 23.9 Å². The van der Waals surface area contributed by atoms with Gasteiger partial charge in [0, 0.05) is 11.1 Å². The van der Waals surface area contributed by atoms with Gasteiger partial charge in [0.1, 0.15) is 11.3 Å². The van der Waals surface area contributed by atoms with Crippen molar-refractivity contribution in [1.82, 2.24) is 20.6 Å². The Balaban J connectivity index is 1.27. The molecule has 1 aliphatic rings. The van der Waals surface area contributed by atoms with Gasteiger partial charge in [-0.3, -0.25) is 20.2 Å². The lowest BCUT2D eigenvalue weighted by Crippen LogP contribution is -2.51. The molecule has 0 unspecified atom stereocenters. The maximum Gasteiger partial charge on any atom is 0.343 e. The van der Waals surface area contributed by atoms with Gasteiger partial charge in [-0.25, -0.2) is 19.6 Å². The summed E-state index contributed by atoms with van der Waals surface area (Å²) in [5, 5.41) is 4.03. The van der Waals surface area contributed by atoms with Gasteiger partial charge in [-0.05, 0) is 42.0 Å². The monoisotopic (exact) mass is 540 g/mol. The van der Waals surface area contributed by atoms with Crippen LogP contribution in [0.25, 0.3) is 39.6 Å². The van der Waals surface area contributed by atoms with Gasteiger partial charge in [0.2, 0.25) is 0 Å². The van der Waals surface area contributed by atoms with E-state index in [1.807, 2.05) is 71.3 Å². The number of imide groups is 2. The Morgan fingerprint density at radius 3 is 1.80 bits per heavy atom. The van der Waals surface area contributed by atoms with Crippen molar-refractivity contribution in [3.63, 3.8) is 0 Å². The molecule has 0 bridgehead atoms. The second-order valence-corrected chi connectivity index (χ2v) is 9.11. The number of fused-ring (bicyclic) bond motifs is 1. The van der Waals surface area contributed by atoms with E-state index < -0.39 is 23.8 Å². The van der Waals surface area contributed by atoms with Crippen LogP contribution in [0.1, 0.15) is 15.9 Å². The second-order valence-electron chi connectivity index (χ2n) is 9.11. The van der Waals surface area contributed by atoms with Crippen LogP contribution in [0.4, 0.5) is 4.79 Å². The van der Waals surface area contributed by atoms with Crippen LogP contribution in [-0.2, 0) is 9.59 Å². The van der Waals surface area contributed by atoms with E-state index in [0.29, 0.717) is 27.9 Å². The molecule has 0 spiro atoms. The van der Waals surface area contributed by atoms with Crippen molar-refractivity contribution in [2.45, 2.75) is 0 Å². The minimum atomic E-state index is -0.869. The first-order chi connectivity index (χ1) is 19.9. The molecule has 41 heavy (non-hydrogen) atoms. The molecule has 1 fully saturated rings. The molecule has 2 heterocycles. The summed E-state index contributed by atoms with van der Waals surface area (Å²) in [6.07, 6.45) is 1.33. The number of benzene rings is 4. The summed E-state index contributed by atoms with van der Waals surface area (Å²) < 4.78 is 5.55. The Kier molecular flexibility index (Phi) is 6.58. The molecule has 0 saturated carbocycles. The molecule has 4 aromatic carbocycles. The number of hydrogen-bond donors (Lipinski definition) is 2. The minimum absolute atomic E-state index is 0.211. The van der Waals surface area contributed by atoms with Gasteiger partial charge in [-0.15, -0.1) is 0 Å². The second kappa shape index (κ2) is 10.7. The van der Waals surface area contributed by atoms with E-state index in [1.165, 1.54) is 18.2 Å².